The molecule has 1 aromatic heterocycles. The highest BCUT2D eigenvalue weighted by atomic mass is 32.2. The van der Waals surface area contributed by atoms with Gasteiger partial charge >= 0.3 is 0 Å². The van der Waals surface area contributed by atoms with Gasteiger partial charge in [-0.3, -0.25) is 24.7 Å². The molecule has 2 aromatic carbocycles. The van der Waals surface area contributed by atoms with Crippen LogP contribution in [-0.2, 0) is 14.8 Å². The maximum absolute atomic E-state index is 12.7. The highest BCUT2D eigenvalue weighted by Gasteiger charge is 2.16. The van der Waals surface area contributed by atoms with Crippen LogP contribution in [0.1, 0.15) is 11.3 Å². The molecule has 3 aromatic rings. The summed E-state index contributed by atoms with van der Waals surface area (Å²) in [7, 11) is -2.35. The first-order valence-corrected chi connectivity index (χ1v) is 10.1. The van der Waals surface area contributed by atoms with E-state index in [2.05, 4.69) is 14.7 Å². The zero-order valence-electron chi connectivity index (χ0n) is 15.8. The number of carbonyl (C=O) groups excluding carboxylic acids is 1. The highest BCUT2D eigenvalue weighted by molar-refractivity contribution is 7.92. The molecule has 0 radical (unpaired) electrons. The number of methoxy groups -OCH3 is 1. The summed E-state index contributed by atoms with van der Waals surface area (Å²) in [4.78, 5) is 19.9. The lowest BCUT2D eigenvalue weighted by Crippen LogP contribution is -2.16. The van der Waals surface area contributed by atoms with Crippen LogP contribution in [0.5, 0.6) is 5.75 Å². The van der Waals surface area contributed by atoms with Crippen molar-refractivity contribution in [2.24, 2.45) is 0 Å². The molecule has 3 rings (SSSR count). The summed E-state index contributed by atoms with van der Waals surface area (Å²) in [5.74, 6) is -0.225. The summed E-state index contributed by atoms with van der Waals surface area (Å²) in [5.41, 5.74) is 3.03. The minimum Gasteiger partial charge on any atom is -0.497 e. The van der Waals surface area contributed by atoms with Gasteiger partial charge in [0.15, 0.2) is 0 Å². The van der Waals surface area contributed by atoms with Crippen LogP contribution in [0.15, 0.2) is 78.1 Å². The minimum atomic E-state index is -3.85. The number of sulfonamides is 1. The molecule has 9 nitrogen and oxygen atoms in total. The molecule has 0 saturated heterocycles. The average molecular weight is 426 g/mol. The van der Waals surface area contributed by atoms with Crippen LogP contribution in [0.4, 0.5) is 5.69 Å². The quantitative estimate of drug-likeness (QED) is 0.300. The van der Waals surface area contributed by atoms with E-state index in [4.69, 9.17) is 9.94 Å². The van der Waals surface area contributed by atoms with Gasteiger partial charge in [-0.25, -0.2) is 13.9 Å². The second-order valence-corrected chi connectivity index (χ2v) is 7.67. The molecule has 0 atom stereocenters. The lowest BCUT2D eigenvalue weighted by Gasteiger charge is -2.12. The van der Waals surface area contributed by atoms with Crippen molar-refractivity contribution in [1.82, 2.24) is 15.4 Å². The van der Waals surface area contributed by atoms with E-state index in [1.54, 1.807) is 36.4 Å². The molecule has 154 valence electrons. The Kier molecular flexibility index (Phi) is 6.40. The monoisotopic (exact) mass is 426 g/mol. The summed E-state index contributed by atoms with van der Waals surface area (Å²) in [6, 6.07) is 12.4. The number of nitrogens with one attached hydrogen (secondary N) is 2. The molecule has 1 heterocycles. The number of hydroxylamine groups is 1. The zero-order valence-corrected chi connectivity index (χ0v) is 16.6. The molecular formula is C20H18N4O5S. The molecule has 30 heavy (non-hydrogen) atoms. The maximum Gasteiger partial charge on any atom is 0.268 e. The number of benzene rings is 2. The Labute approximate surface area is 173 Å². The smallest absolute Gasteiger partial charge is 0.268 e. The fourth-order valence-corrected chi connectivity index (χ4v) is 3.68. The Bertz CT molecular complexity index is 1160. The molecular weight excluding hydrogens is 408 g/mol. The van der Waals surface area contributed by atoms with Crippen molar-refractivity contribution < 1.29 is 23.2 Å². The van der Waals surface area contributed by atoms with Crippen LogP contribution >= 0.6 is 0 Å². The third-order valence-corrected chi connectivity index (χ3v) is 5.42. The summed E-state index contributed by atoms with van der Waals surface area (Å²) in [6.45, 7) is 0. The Morgan fingerprint density at radius 2 is 1.90 bits per heavy atom. The van der Waals surface area contributed by atoms with Crippen LogP contribution in [0.25, 0.3) is 5.57 Å². The highest BCUT2D eigenvalue weighted by Crippen LogP contribution is 2.25. The number of anilines is 1. The Hall–Kier alpha value is -3.76. The van der Waals surface area contributed by atoms with Gasteiger partial charge in [-0.15, -0.1) is 0 Å². The van der Waals surface area contributed by atoms with Gasteiger partial charge in [0.2, 0.25) is 0 Å². The predicted molar refractivity (Wildman–Crippen MR) is 109 cm³/mol. The first kappa shape index (κ1) is 21.0. The standard InChI is InChI=1S/C20H18N4O5S/c1-29-16-5-7-17(8-6-16)30(27,28)24-15-4-2-3-14(11-15)18(12-20(25)23-26)19-13-21-9-10-22-19/h2-13,24,26H,1H3,(H,23,25)/b18-12+. The normalized spacial score (nSPS) is 11.6. The maximum atomic E-state index is 12.7. The van der Waals surface area contributed by atoms with Crippen molar-refractivity contribution in [2.45, 2.75) is 4.90 Å². The van der Waals surface area contributed by atoms with E-state index in [0.717, 1.165) is 6.08 Å². The van der Waals surface area contributed by atoms with Crippen molar-refractivity contribution >= 4 is 27.2 Å². The third kappa shape index (κ3) is 4.99. The van der Waals surface area contributed by atoms with Crippen LogP contribution in [-0.4, -0.2) is 36.6 Å². The first-order chi connectivity index (χ1) is 14.4. The number of rotatable bonds is 7. The Morgan fingerprint density at radius 1 is 1.13 bits per heavy atom. The molecule has 0 bridgehead atoms. The van der Waals surface area contributed by atoms with Gasteiger partial charge in [0.05, 0.1) is 23.9 Å². The average Bonchev–Trinajstić information content (AvgIpc) is 2.77. The third-order valence-electron chi connectivity index (χ3n) is 4.02. The van der Waals surface area contributed by atoms with Crippen LogP contribution in [0.3, 0.4) is 0 Å². The lowest BCUT2D eigenvalue weighted by molar-refractivity contribution is -0.124. The molecule has 0 unspecified atom stereocenters. The fraction of sp³-hybridized carbons (Fsp3) is 0.0500. The Morgan fingerprint density at radius 3 is 2.53 bits per heavy atom. The first-order valence-electron chi connectivity index (χ1n) is 8.62. The molecule has 10 heteroatoms. The summed E-state index contributed by atoms with van der Waals surface area (Å²) in [6.07, 6.45) is 5.52. The van der Waals surface area contributed by atoms with Crippen LogP contribution in [0, 0.1) is 0 Å². The minimum absolute atomic E-state index is 0.0676. The SMILES string of the molecule is COc1ccc(S(=O)(=O)Nc2cccc(/C(=C\C(=O)NO)c3cnccn3)c2)cc1. The van der Waals surface area contributed by atoms with E-state index in [9.17, 15) is 13.2 Å². The van der Waals surface area contributed by atoms with Crippen LogP contribution < -0.4 is 14.9 Å². The molecule has 0 saturated carbocycles. The molecule has 1 amide bonds. The number of nitrogens with zero attached hydrogens (tertiary/aromatic N) is 2. The summed E-state index contributed by atoms with van der Waals surface area (Å²) in [5, 5.41) is 8.87. The van der Waals surface area contributed by atoms with Crippen molar-refractivity contribution in [3.63, 3.8) is 0 Å². The topological polar surface area (TPSA) is 131 Å². The van der Waals surface area contributed by atoms with Gasteiger partial charge in [0.1, 0.15) is 5.75 Å². The van der Waals surface area contributed by atoms with Crippen molar-refractivity contribution in [1.29, 1.82) is 0 Å². The van der Waals surface area contributed by atoms with E-state index < -0.39 is 15.9 Å². The van der Waals surface area contributed by atoms with Crippen molar-refractivity contribution in [3.05, 3.63) is 84.5 Å². The molecule has 0 fully saturated rings. The lowest BCUT2D eigenvalue weighted by atomic mass is 10.0. The van der Waals surface area contributed by atoms with E-state index in [1.165, 1.54) is 43.3 Å². The number of aromatic nitrogens is 2. The summed E-state index contributed by atoms with van der Waals surface area (Å²) >= 11 is 0. The van der Waals surface area contributed by atoms with Gasteiger partial charge < -0.3 is 4.74 Å². The van der Waals surface area contributed by atoms with E-state index in [1.807, 2.05) is 0 Å². The van der Waals surface area contributed by atoms with Gasteiger partial charge in [0, 0.05) is 29.7 Å². The molecule has 0 spiro atoms. The molecule has 0 aliphatic heterocycles. The van der Waals surface area contributed by atoms with E-state index in [0.29, 0.717) is 22.6 Å². The predicted octanol–water partition coefficient (Wildman–Crippen LogP) is 2.22. The number of amides is 1. The van der Waals surface area contributed by atoms with Gasteiger partial charge in [-0.05, 0) is 42.0 Å². The summed E-state index contributed by atoms with van der Waals surface area (Å²) < 4.78 is 32.9. The van der Waals surface area contributed by atoms with E-state index in [-0.39, 0.29) is 10.6 Å². The van der Waals surface area contributed by atoms with Gasteiger partial charge in [-0.2, -0.15) is 0 Å². The number of hydrogen-bond acceptors (Lipinski definition) is 7. The molecule has 0 aliphatic rings. The van der Waals surface area contributed by atoms with Gasteiger partial charge in [0.25, 0.3) is 15.9 Å². The largest absolute Gasteiger partial charge is 0.497 e. The van der Waals surface area contributed by atoms with Crippen molar-refractivity contribution in [2.75, 3.05) is 11.8 Å². The second kappa shape index (κ2) is 9.16. The molecule has 0 aliphatic carbocycles. The zero-order chi connectivity index (χ0) is 21.6. The number of hydrogen-bond donors (Lipinski definition) is 3. The fourth-order valence-electron chi connectivity index (χ4n) is 2.63. The van der Waals surface area contributed by atoms with Gasteiger partial charge in [-0.1, -0.05) is 12.1 Å². The number of carbonyl (C=O) groups is 1. The van der Waals surface area contributed by atoms with Crippen LogP contribution in [0.2, 0.25) is 0 Å². The second-order valence-electron chi connectivity index (χ2n) is 5.99. The molecule has 3 N–H and O–H groups in total. The Balaban J connectivity index is 1.95. The van der Waals surface area contributed by atoms with Crippen molar-refractivity contribution in [3.8, 4) is 5.75 Å². The van der Waals surface area contributed by atoms with E-state index >= 15 is 0 Å². The number of ether oxygens (including phenoxy) is 1.